The van der Waals surface area contributed by atoms with Gasteiger partial charge in [0.05, 0.1) is 0 Å². The van der Waals surface area contributed by atoms with Crippen molar-refractivity contribution >= 4 is 44.8 Å². The first-order valence-electron chi connectivity index (χ1n) is 18.1. The maximum absolute atomic E-state index is 2.34. The SMILES string of the molecule is C/C(=C(/C)c1c(C)c(C)c(/C(C)=C(\C)c2c(C)c(C)c(/C(C)=C(\C)c3ccc(N(C)C)cc3)c(C)c2C)c(C)c1C)c1ccc(N(C)C)cc1. The molecule has 0 bridgehead atoms. The van der Waals surface area contributed by atoms with E-state index < -0.39 is 0 Å². The first-order chi connectivity index (χ1) is 23.3. The zero-order valence-electron chi connectivity index (χ0n) is 34.5. The number of anilines is 2. The van der Waals surface area contributed by atoms with Gasteiger partial charge in [0.25, 0.3) is 0 Å². The van der Waals surface area contributed by atoms with Crippen LogP contribution in [0.2, 0.25) is 0 Å². The van der Waals surface area contributed by atoms with Crippen molar-refractivity contribution in [3.8, 4) is 0 Å². The van der Waals surface area contributed by atoms with Gasteiger partial charge in [-0.1, -0.05) is 24.3 Å². The third-order valence-corrected chi connectivity index (χ3v) is 12.1. The van der Waals surface area contributed by atoms with E-state index in [0.717, 1.165) is 0 Å². The fourth-order valence-corrected chi connectivity index (χ4v) is 8.08. The molecule has 264 valence electrons. The van der Waals surface area contributed by atoms with Crippen LogP contribution in [0.15, 0.2) is 48.5 Å². The van der Waals surface area contributed by atoms with Gasteiger partial charge in [-0.3, -0.25) is 0 Å². The van der Waals surface area contributed by atoms with Crippen molar-refractivity contribution in [2.45, 2.75) is 96.9 Å². The first kappa shape index (κ1) is 38.5. The van der Waals surface area contributed by atoms with Crippen LogP contribution in [0.5, 0.6) is 0 Å². The molecule has 0 unspecified atom stereocenters. The quantitative estimate of drug-likeness (QED) is 0.173. The summed E-state index contributed by atoms with van der Waals surface area (Å²) in [5.41, 5.74) is 29.7. The predicted octanol–water partition coefficient (Wildman–Crippen LogP) is 13.1. The highest BCUT2D eigenvalue weighted by Crippen LogP contribution is 2.43. The van der Waals surface area contributed by atoms with Crippen LogP contribution in [0, 0.1) is 55.4 Å². The molecule has 0 aliphatic heterocycles. The lowest BCUT2D eigenvalue weighted by molar-refractivity contribution is 1.13. The molecule has 0 fully saturated rings. The minimum absolute atomic E-state index is 1.22. The largest absolute Gasteiger partial charge is 0.378 e. The summed E-state index contributed by atoms with van der Waals surface area (Å²) in [6.07, 6.45) is 0. The Morgan fingerprint density at radius 1 is 0.300 bits per heavy atom. The lowest BCUT2D eigenvalue weighted by Crippen LogP contribution is -2.08. The van der Waals surface area contributed by atoms with Crippen molar-refractivity contribution in [3.63, 3.8) is 0 Å². The highest BCUT2D eigenvalue weighted by Gasteiger charge is 2.23. The van der Waals surface area contributed by atoms with Gasteiger partial charge in [0.2, 0.25) is 0 Å². The molecular weight excluding hydrogens is 605 g/mol. The van der Waals surface area contributed by atoms with Crippen LogP contribution < -0.4 is 9.80 Å². The Morgan fingerprint density at radius 3 is 0.660 bits per heavy atom. The van der Waals surface area contributed by atoms with E-state index in [1.165, 1.54) is 123 Å². The normalized spacial score (nSPS) is 13.2. The Balaban J connectivity index is 1.86. The second-order valence-corrected chi connectivity index (χ2v) is 15.1. The van der Waals surface area contributed by atoms with Gasteiger partial charge in [0.15, 0.2) is 0 Å². The molecule has 0 aromatic heterocycles. The third kappa shape index (κ3) is 6.87. The van der Waals surface area contributed by atoms with Crippen LogP contribution in [-0.2, 0) is 0 Å². The summed E-state index contributed by atoms with van der Waals surface area (Å²) in [7, 11) is 8.36. The van der Waals surface area contributed by atoms with Gasteiger partial charge in [0.1, 0.15) is 0 Å². The van der Waals surface area contributed by atoms with Crippen molar-refractivity contribution in [2.75, 3.05) is 38.0 Å². The van der Waals surface area contributed by atoms with E-state index in [1.54, 1.807) is 0 Å². The smallest absolute Gasteiger partial charge is 0.0361 e. The highest BCUT2D eigenvalue weighted by atomic mass is 15.1. The summed E-state index contributed by atoms with van der Waals surface area (Å²) >= 11 is 0. The number of allylic oxidation sites excluding steroid dienone is 6. The highest BCUT2D eigenvalue weighted by molar-refractivity contribution is 5.98. The fourth-order valence-electron chi connectivity index (χ4n) is 8.08. The van der Waals surface area contributed by atoms with Gasteiger partial charge in [-0.2, -0.15) is 0 Å². The van der Waals surface area contributed by atoms with Crippen molar-refractivity contribution in [2.24, 2.45) is 0 Å². The fraction of sp³-hybridized carbons (Fsp3) is 0.375. The summed E-state index contributed by atoms with van der Waals surface area (Å²) < 4.78 is 0. The van der Waals surface area contributed by atoms with Gasteiger partial charge in [-0.05, 0) is 233 Å². The number of benzene rings is 4. The zero-order chi connectivity index (χ0) is 37.5. The van der Waals surface area contributed by atoms with Gasteiger partial charge < -0.3 is 9.80 Å². The topological polar surface area (TPSA) is 6.48 Å². The predicted molar refractivity (Wildman–Crippen MR) is 227 cm³/mol. The molecule has 2 nitrogen and oxygen atoms in total. The van der Waals surface area contributed by atoms with E-state index in [2.05, 4.69) is 183 Å². The van der Waals surface area contributed by atoms with Gasteiger partial charge in [-0.15, -0.1) is 0 Å². The molecule has 0 heterocycles. The number of hydrogen-bond donors (Lipinski definition) is 0. The van der Waals surface area contributed by atoms with Crippen molar-refractivity contribution in [3.05, 3.63) is 126 Å². The molecule has 0 saturated carbocycles. The summed E-state index contributed by atoms with van der Waals surface area (Å²) in [5.74, 6) is 0. The lowest BCUT2D eigenvalue weighted by atomic mass is 9.78. The lowest BCUT2D eigenvalue weighted by Gasteiger charge is -2.26. The Morgan fingerprint density at radius 2 is 0.480 bits per heavy atom. The number of rotatable bonds is 8. The van der Waals surface area contributed by atoms with Crippen LogP contribution in [0.25, 0.3) is 33.4 Å². The van der Waals surface area contributed by atoms with Crippen LogP contribution in [0.4, 0.5) is 11.4 Å². The van der Waals surface area contributed by atoms with E-state index >= 15 is 0 Å². The average Bonchev–Trinajstić information content (AvgIpc) is 3.09. The van der Waals surface area contributed by atoms with Crippen LogP contribution in [0.3, 0.4) is 0 Å². The standard InChI is InChI=1S/C48H62N2/c1-27(41-19-23-43(24-20-41)49(15)16)29(3)45-31(5)35(9)47(36(10)32(45)6)39(13)40(14)48-37(11)33(7)46(34(8)38(48)12)30(4)28(2)42-21-25-44(26-22-42)50(17)18/h19-26H,1-18H3/b29-27+,30-28+,40-39+. The molecule has 0 aliphatic rings. The molecule has 0 saturated heterocycles. The van der Waals surface area contributed by atoms with Crippen LogP contribution in [0.1, 0.15) is 119 Å². The molecule has 0 atom stereocenters. The Bertz CT molecular complexity index is 1830. The van der Waals surface area contributed by atoms with E-state index in [9.17, 15) is 0 Å². The van der Waals surface area contributed by atoms with Gasteiger partial charge >= 0.3 is 0 Å². The van der Waals surface area contributed by atoms with E-state index in [-0.39, 0.29) is 0 Å². The molecule has 0 N–H and O–H groups in total. The summed E-state index contributed by atoms with van der Waals surface area (Å²) in [5, 5.41) is 0. The van der Waals surface area contributed by atoms with Crippen LogP contribution >= 0.6 is 0 Å². The van der Waals surface area contributed by atoms with E-state index in [0.29, 0.717) is 0 Å². The minimum atomic E-state index is 1.22. The third-order valence-electron chi connectivity index (χ3n) is 12.1. The van der Waals surface area contributed by atoms with E-state index in [4.69, 9.17) is 0 Å². The molecule has 0 radical (unpaired) electrons. The Kier molecular flexibility index (Phi) is 11.5. The molecular formula is C48H62N2. The molecule has 4 rings (SSSR count). The maximum Gasteiger partial charge on any atom is 0.0361 e. The zero-order valence-corrected chi connectivity index (χ0v) is 34.5. The number of nitrogens with zero attached hydrogens (tertiary/aromatic N) is 2. The molecule has 2 heteroatoms. The van der Waals surface area contributed by atoms with Gasteiger partial charge in [-0.25, -0.2) is 0 Å². The summed E-state index contributed by atoms with van der Waals surface area (Å²) in [6, 6.07) is 17.9. The Labute approximate surface area is 305 Å². The summed E-state index contributed by atoms with van der Waals surface area (Å²) in [6.45, 7) is 32.4. The van der Waals surface area contributed by atoms with Crippen molar-refractivity contribution in [1.82, 2.24) is 0 Å². The first-order valence-corrected chi connectivity index (χ1v) is 18.1. The maximum atomic E-state index is 2.34. The summed E-state index contributed by atoms with van der Waals surface area (Å²) in [4.78, 5) is 4.30. The Hall–Kier alpha value is -4.30. The molecule has 0 amide bonds. The number of hydrogen-bond acceptors (Lipinski definition) is 2. The van der Waals surface area contributed by atoms with Crippen molar-refractivity contribution in [1.29, 1.82) is 0 Å². The molecule has 4 aromatic carbocycles. The molecule has 50 heavy (non-hydrogen) atoms. The van der Waals surface area contributed by atoms with Gasteiger partial charge in [0, 0.05) is 39.6 Å². The second-order valence-electron chi connectivity index (χ2n) is 15.1. The van der Waals surface area contributed by atoms with E-state index in [1.807, 2.05) is 0 Å². The average molecular weight is 667 g/mol. The molecule has 0 spiro atoms. The molecule has 4 aromatic rings. The minimum Gasteiger partial charge on any atom is -0.378 e. The second kappa shape index (κ2) is 14.9. The van der Waals surface area contributed by atoms with Crippen molar-refractivity contribution < 1.29 is 0 Å². The van der Waals surface area contributed by atoms with Crippen LogP contribution in [-0.4, -0.2) is 28.2 Å². The monoisotopic (exact) mass is 666 g/mol. The molecule has 0 aliphatic carbocycles.